The number of rotatable bonds is 9. The molecule has 0 N–H and O–H groups in total. The lowest BCUT2D eigenvalue weighted by atomic mass is 10.2. The van der Waals surface area contributed by atoms with E-state index in [1.54, 1.807) is 7.11 Å². The molecule has 1 heterocycles. The fraction of sp³-hybridized carbons (Fsp3) is 1.00. The highest BCUT2D eigenvalue weighted by Crippen LogP contribution is 2.22. The summed E-state index contributed by atoms with van der Waals surface area (Å²) in [7, 11) is -4.03. The van der Waals surface area contributed by atoms with Gasteiger partial charge >= 0.3 is 17.8 Å². The van der Waals surface area contributed by atoms with E-state index in [4.69, 9.17) is 21.2 Å². The van der Waals surface area contributed by atoms with Crippen molar-refractivity contribution in [3.8, 4) is 0 Å². The molecule has 1 aliphatic rings. The minimum Gasteiger partial charge on any atom is -0.425 e. The molecule has 1 aliphatic heterocycles. The largest absolute Gasteiger partial charge is 0.425 e. The first kappa shape index (κ1) is 19.7. The summed E-state index contributed by atoms with van der Waals surface area (Å²) in [4.78, 5) is 0. The molecule has 0 bridgehead atoms. The molecular formula is C12H32O5Si4. The second-order valence-corrected chi connectivity index (χ2v) is 15.5. The van der Waals surface area contributed by atoms with E-state index in [-0.39, 0.29) is 5.73 Å². The van der Waals surface area contributed by atoms with Crippen LogP contribution in [0.4, 0.5) is 0 Å². The van der Waals surface area contributed by atoms with Crippen LogP contribution in [0.2, 0.25) is 12.6 Å². The van der Waals surface area contributed by atoms with Crippen molar-refractivity contribution in [1.82, 2.24) is 0 Å². The predicted octanol–water partition coefficient (Wildman–Crippen LogP) is 1.29. The molecule has 0 aromatic heterocycles. The van der Waals surface area contributed by atoms with Crippen LogP contribution in [0.3, 0.4) is 0 Å². The van der Waals surface area contributed by atoms with Gasteiger partial charge in [-0.2, -0.15) is 0 Å². The first-order valence-corrected chi connectivity index (χ1v) is 14.6. The third kappa shape index (κ3) is 7.66. The summed E-state index contributed by atoms with van der Waals surface area (Å²) < 4.78 is 29.7. The summed E-state index contributed by atoms with van der Waals surface area (Å²) in [5, 5.41) is 0. The standard InChI is InChI=1S/C12H32O5Si4/c1-5-7-8-9-10-11-21(4)16-19-14-18-15-20(17-21)12(6-2)13-3/h12,20H,5-11,18-19H2,1-4H3. The smallest absolute Gasteiger partial charge is 0.333 e. The van der Waals surface area contributed by atoms with Crippen LogP contribution in [0.25, 0.3) is 0 Å². The average molecular weight is 369 g/mol. The van der Waals surface area contributed by atoms with Crippen molar-refractivity contribution in [2.24, 2.45) is 0 Å². The topological polar surface area (TPSA) is 46.2 Å². The van der Waals surface area contributed by atoms with Gasteiger partial charge in [-0.3, -0.25) is 0 Å². The van der Waals surface area contributed by atoms with Gasteiger partial charge in [-0.05, 0) is 19.0 Å². The van der Waals surface area contributed by atoms with E-state index in [0.717, 1.165) is 12.5 Å². The first-order chi connectivity index (χ1) is 10.1. The Kier molecular flexibility index (Phi) is 10.6. The number of hydrogen-bond acceptors (Lipinski definition) is 5. The lowest BCUT2D eigenvalue weighted by Crippen LogP contribution is -2.53. The molecule has 0 radical (unpaired) electrons. The van der Waals surface area contributed by atoms with Gasteiger partial charge in [0.25, 0.3) is 20.0 Å². The molecule has 9 heteroatoms. The maximum absolute atomic E-state index is 6.43. The van der Waals surface area contributed by atoms with Crippen LogP contribution in [0, 0.1) is 0 Å². The predicted molar refractivity (Wildman–Crippen MR) is 94.8 cm³/mol. The summed E-state index contributed by atoms with van der Waals surface area (Å²) in [6, 6.07) is 1.06. The monoisotopic (exact) mass is 368 g/mol. The molecule has 126 valence electrons. The average Bonchev–Trinajstić information content (AvgIpc) is 2.45. The van der Waals surface area contributed by atoms with Gasteiger partial charge in [-0.15, -0.1) is 0 Å². The lowest BCUT2D eigenvalue weighted by molar-refractivity contribution is 0.124. The van der Waals surface area contributed by atoms with Gasteiger partial charge in [-0.1, -0.05) is 46.0 Å². The van der Waals surface area contributed by atoms with Crippen LogP contribution < -0.4 is 0 Å². The molecule has 1 saturated heterocycles. The van der Waals surface area contributed by atoms with Gasteiger partial charge in [0.15, 0.2) is 0 Å². The van der Waals surface area contributed by atoms with Crippen LogP contribution in [0.1, 0.15) is 52.4 Å². The molecule has 3 unspecified atom stereocenters. The van der Waals surface area contributed by atoms with Crippen molar-refractivity contribution in [1.29, 1.82) is 0 Å². The van der Waals surface area contributed by atoms with Crippen molar-refractivity contribution in [2.45, 2.75) is 70.7 Å². The number of ether oxygens (including phenoxy) is 1. The van der Waals surface area contributed by atoms with Crippen molar-refractivity contribution in [3.63, 3.8) is 0 Å². The molecule has 0 saturated carbocycles. The van der Waals surface area contributed by atoms with Crippen LogP contribution >= 0.6 is 0 Å². The van der Waals surface area contributed by atoms with E-state index in [9.17, 15) is 0 Å². The van der Waals surface area contributed by atoms with Crippen molar-refractivity contribution in [3.05, 3.63) is 0 Å². The van der Waals surface area contributed by atoms with E-state index >= 15 is 0 Å². The summed E-state index contributed by atoms with van der Waals surface area (Å²) >= 11 is 0. The Morgan fingerprint density at radius 3 is 2.57 bits per heavy atom. The van der Waals surface area contributed by atoms with E-state index < -0.39 is 37.9 Å². The van der Waals surface area contributed by atoms with Gasteiger partial charge < -0.3 is 21.2 Å². The number of unbranched alkanes of at least 4 members (excludes halogenated alkanes) is 4. The minimum absolute atomic E-state index is 0.108. The molecular weight excluding hydrogens is 336 g/mol. The highest BCUT2D eigenvalue weighted by molar-refractivity contribution is 6.77. The highest BCUT2D eigenvalue weighted by Gasteiger charge is 2.39. The van der Waals surface area contributed by atoms with Crippen molar-refractivity contribution < 1.29 is 21.2 Å². The Hall–Kier alpha value is 0.668. The molecule has 3 atom stereocenters. The van der Waals surface area contributed by atoms with Crippen molar-refractivity contribution in [2.75, 3.05) is 7.11 Å². The van der Waals surface area contributed by atoms with E-state index in [0.29, 0.717) is 0 Å². The Bertz CT molecular complexity index is 270. The molecule has 21 heavy (non-hydrogen) atoms. The molecule has 0 spiro atoms. The maximum Gasteiger partial charge on any atom is 0.333 e. The van der Waals surface area contributed by atoms with Crippen LogP contribution in [-0.4, -0.2) is 50.7 Å². The van der Waals surface area contributed by atoms with Crippen LogP contribution in [0.15, 0.2) is 0 Å². The summed E-state index contributed by atoms with van der Waals surface area (Å²) in [6.07, 6.45) is 7.32. The molecule has 1 fully saturated rings. The van der Waals surface area contributed by atoms with Gasteiger partial charge in [0.05, 0.1) is 5.73 Å². The molecule has 0 aromatic carbocycles. The maximum atomic E-state index is 6.43. The SMILES string of the molecule is CCCCCCC[Si]1(C)O[SiH2]O[SiH2]O[SiH](C(CC)OC)O1. The summed E-state index contributed by atoms with van der Waals surface area (Å²) in [5.41, 5.74) is 0.108. The van der Waals surface area contributed by atoms with Gasteiger partial charge in [0, 0.05) is 7.11 Å². The Labute approximate surface area is 137 Å². The first-order valence-electron chi connectivity index (χ1n) is 8.19. The molecule has 1 rings (SSSR count). The van der Waals surface area contributed by atoms with E-state index in [1.165, 1.54) is 32.1 Å². The number of hydrogen-bond donors (Lipinski definition) is 0. The minimum atomic E-state index is -2.12. The molecule has 0 amide bonds. The van der Waals surface area contributed by atoms with Crippen LogP contribution in [0.5, 0.6) is 0 Å². The third-order valence-corrected chi connectivity index (χ3v) is 15.5. The van der Waals surface area contributed by atoms with E-state index in [1.807, 2.05) is 0 Å². The second-order valence-electron chi connectivity index (χ2n) is 5.72. The number of methoxy groups -OCH3 is 1. The molecule has 0 aromatic rings. The fourth-order valence-corrected chi connectivity index (χ4v) is 14.4. The Morgan fingerprint density at radius 1 is 1.14 bits per heavy atom. The summed E-state index contributed by atoms with van der Waals surface area (Å²) in [6.45, 7) is 6.54. The zero-order valence-corrected chi connectivity index (χ0v) is 19.0. The second kappa shape index (κ2) is 11.2. The third-order valence-electron chi connectivity index (χ3n) is 3.87. The quantitative estimate of drug-likeness (QED) is 0.453. The summed E-state index contributed by atoms with van der Waals surface area (Å²) in [5.74, 6) is 0. The molecule has 5 nitrogen and oxygen atoms in total. The normalized spacial score (nSPS) is 31.1. The van der Waals surface area contributed by atoms with E-state index in [2.05, 4.69) is 20.4 Å². The fourth-order valence-electron chi connectivity index (χ4n) is 2.46. The van der Waals surface area contributed by atoms with Crippen molar-refractivity contribution >= 4 is 37.9 Å². The Morgan fingerprint density at radius 2 is 1.90 bits per heavy atom. The zero-order chi connectivity index (χ0) is 15.6. The van der Waals surface area contributed by atoms with Gasteiger partial charge in [0.1, 0.15) is 0 Å². The van der Waals surface area contributed by atoms with Gasteiger partial charge in [-0.25, -0.2) is 0 Å². The highest BCUT2D eigenvalue weighted by atomic mass is 28.5. The zero-order valence-electron chi connectivity index (χ0n) is 14.1. The van der Waals surface area contributed by atoms with Gasteiger partial charge in [0.2, 0.25) is 0 Å². The Balaban J connectivity index is 2.50. The van der Waals surface area contributed by atoms with Crippen LogP contribution in [-0.2, 0) is 21.2 Å². The lowest BCUT2D eigenvalue weighted by Gasteiger charge is -2.36. The molecule has 0 aliphatic carbocycles.